The van der Waals surface area contributed by atoms with Gasteiger partial charge in [0.15, 0.2) is 0 Å². The van der Waals surface area contributed by atoms with Crippen LogP contribution in [0.15, 0.2) is 24.4 Å². The van der Waals surface area contributed by atoms with Crippen LogP contribution >= 0.6 is 0 Å². The topological polar surface area (TPSA) is 91.4 Å². The molecule has 1 aromatic rings. The predicted molar refractivity (Wildman–Crippen MR) is 79.5 cm³/mol. The second-order valence-corrected chi connectivity index (χ2v) is 5.10. The maximum absolute atomic E-state index is 11.6. The average molecular weight is 304 g/mol. The summed E-state index contributed by atoms with van der Waals surface area (Å²) >= 11 is 0. The number of aromatic nitrogens is 1. The van der Waals surface area contributed by atoms with Gasteiger partial charge < -0.3 is 15.5 Å². The maximum atomic E-state index is 11.6. The van der Waals surface area contributed by atoms with Crippen molar-refractivity contribution in [1.29, 1.82) is 0 Å². The molecule has 7 nitrogen and oxygen atoms in total. The molecule has 0 unspecified atom stereocenters. The Kier molecular flexibility index (Phi) is 5.88. The molecule has 3 amide bonds. The molecule has 1 aromatic heterocycles. The van der Waals surface area contributed by atoms with E-state index in [4.69, 9.17) is 0 Å². The first kappa shape index (κ1) is 15.9. The number of likely N-dealkylation sites (tertiary alicyclic amines) is 1. The summed E-state index contributed by atoms with van der Waals surface area (Å²) in [5, 5.41) is 5.06. The van der Waals surface area contributed by atoms with E-state index in [1.165, 1.54) is 0 Å². The van der Waals surface area contributed by atoms with Crippen LogP contribution in [0.4, 0.5) is 0 Å². The van der Waals surface area contributed by atoms with Crippen molar-refractivity contribution in [3.8, 4) is 0 Å². The van der Waals surface area contributed by atoms with E-state index >= 15 is 0 Å². The van der Waals surface area contributed by atoms with E-state index < -0.39 is 11.8 Å². The molecular weight excluding hydrogens is 284 g/mol. The first-order valence-electron chi connectivity index (χ1n) is 7.40. The molecule has 0 atom stereocenters. The minimum atomic E-state index is -0.678. The van der Waals surface area contributed by atoms with Gasteiger partial charge in [0.2, 0.25) is 5.91 Å². The second kappa shape index (κ2) is 8.11. The van der Waals surface area contributed by atoms with Crippen molar-refractivity contribution in [2.45, 2.75) is 25.8 Å². The van der Waals surface area contributed by atoms with Crippen LogP contribution in [0.3, 0.4) is 0 Å². The summed E-state index contributed by atoms with van der Waals surface area (Å²) in [6.45, 7) is 2.00. The summed E-state index contributed by atoms with van der Waals surface area (Å²) in [7, 11) is 0. The molecule has 1 fully saturated rings. The van der Waals surface area contributed by atoms with Crippen LogP contribution in [0.2, 0.25) is 0 Å². The van der Waals surface area contributed by atoms with Crippen molar-refractivity contribution in [2.24, 2.45) is 0 Å². The number of rotatable bonds is 6. The lowest BCUT2D eigenvalue weighted by atomic mass is 10.3. The van der Waals surface area contributed by atoms with E-state index in [1.54, 1.807) is 23.2 Å². The summed E-state index contributed by atoms with van der Waals surface area (Å²) in [6.07, 6.45) is 3.79. The van der Waals surface area contributed by atoms with Crippen LogP contribution in [-0.4, -0.2) is 47.2 Å². The lowest BCUT2D eigenvalue weighted by Gasteiger charge is -2.15. The highest BCUT2D eigenvalue weighted by Gasteiger charge is 2.19. The van der Waals surface area contributed by atoms with E-state index in [0.717, 1.165) is 13.0 Å². The molecule has 7 heteroatoms. The molecule has 0 aromatic carbocycles. The van der Waals surface area contributed by atoms with Crippen molar-refractivity contribution in [3.05, 3.63) is 30.1 Å². The minimum Gasteiger partial charge on any atom is -0.348 e. The Morgan fingerprint density at radius 1 is 1.23 bits per heavy atom. The zero-order chi connectivity index (χ0) is 15.8. The Balaban J connectivity index is 1.60. The van der Waals surface area contributed by atoms with Gasteiger partial charge in [-0.2, -0.15) is 0 Å². The maximum Gasteiger partial charge on any atom is 0.309 e. The Bertz CT molecular complexity index is 533. The molecular formula is C15H20N4O3. The van der Waals surface area contributed by atoms with Gasteiger partial charge >= 0.3 is 11.8 Å². The fourth-order valence-corrected chi connectivity index (χ4v) is 2.25. The predicted octanol–water partition coefficient (Wildman–Crippen LogP) is -0.173. The number of nitrogens with zero attached hydrogens (tertiary/aromatic N) is 2. The molecule has 118 valence electrons. The molecule has 1 aliphatic heterocycles. The number of pyridine rings is 1. The van der Waals surface area contributed by atoms with Gasteiger partial charge in [0.05, 0.1) is 12.2 Å². The van der Waals surface area contributed by atoms with E-state index in [9.17, 15) is 14.4 Å². The SMILES string of the molecule is O=C(NCCCN1CCCC1=O)C(=O)NCc1ccccn1. The molecule has 2 rings (SSSR count). The standard InChI is InChI=1S/C15H20N4O3/c20-13-6-3-9-19(13)10-4-8-17-14(21)15(22)18-11-12-5-1-2-7-16-12/h1-2,5,7H,3-4,6,8-11H2,(H,17,21)(H,18,22). The molecule has 0 bridgehead atoms. The van der Waals surface area contributed by atoms with Crippen LogP contribution < -0.4 is 10.6 Å². The van der Waals surface area contributed by atoms with E-state index in [1.807, 2.05) is 6.07 Å². The van der Waals surface area contributed by atoms with Gasteiger partial charge in [-0.25, -0.2) is 0 Å². The van der Waals surface area contributed by atoms with Gasteiger partial charge in [0, 0.05) is 32.3 Å². The Hall–Kier alpha value is -2.44. The molecule has 0 saturated carbocycles. The largest absolute Gasteiger partial charge is 0.348 e. The average Bonchev–Trinajstić information content (AvgIpc) is 2.95. The summed E-state index contributed by atoms with van der Waals surface area (Å²) in [4.78, 5) is 40.4. The van der Waals surface area contributed by atoms with Crippen molar-refractivity contribution in [3.63, 3.8) is 0 Å². The molecule has 2 heterocycles. The number of carbonyl (C=O) groups excluding carboxylic acids is 3. The van der Waals surface area contributed by atoms with E-state index in [0.29, 0.717) is 31.6 Å². The van der Waals surface area contributed by atoms with Gasteiger partial charge in [-0.15, -0.1) is 0 Å². The van der Waals surface area contributed by atoms with E-state index in [2.05, 4.69) is 15.6 Å². The van der Waals surface area contributed by atoms with Gasteiger partial charge in [-0.1, -0.05) is 6.07 Å². The summed E-state index contributed by atoms with van der Waals surface area (Å²) < 4.78 is 0. The van der Waals surface area contributed by atoms with Crippen LogP contribution in [0, 0.1) is 0 Å². The summed E-state index contributed by atoms with van der Waals surface area (Å²) in [5.74, 6) is -1.17. The van der Waals surface area contributed by atoms with Crippen LogP contribution in [-0.2, 0) is 20.9 Å². The van der Waals surface area contributed by atoms with Crippen molar-refractivity contribution in [1.82, 2.24) is 20.5 Å². The smallest absolute Gasteiger partial charge is 0.309 e. The molecule has 1 saturated heterocycles. The van der Waals surface area contributed by atoms with Crippen molar-refractivity contribution < 1.29 is 14.4 Å². The van der Waals surface area contributed by atoms with Crippen LogP contribution in [0.5, 0.6) is 0 Å². The lowest BCUT2D eigenvalue weighted by molar-refractivity contribution is -0.139. The molecule has 0 aliphatic carbocycles. The highest BCUT2D eigenvalue weighted by molar-refractivity contribution is 6.35. The summed E-state index contributed by atoms with van der Waals surface area (Å²) in [6, 6.07) is 5.36. The molecule has 22 heavy (non-hydrogen) atoms. The van der Waals surface area contributed by atoms with Gasteiger partial charge in [-0.3, -0.25) is 19.4 Å². The Morgan fingerprint density at radius 3 is 2.73 bits per heavy atom. The van der Waals surface area contributed by atoms with Gasteiger partial charge in [-0.05, 0) is 25.0 Å². The zero-order valence-corrected chi connectivity index (χ0v) is 12.4. The fraction of sp³-hybridized carbons (Fsp3) is 0.467. The number of hydrogen-bond donors (Lipinski definition) is 2. The minimum absolute atomic E-state index is 0.166. The quantitative estimate of drug-likeness (QED) is 0.564. The third kappa shape index (κ3) is 4.83. The number of hydrogen-bond acceptors (Lipinski definition) is 4. The van der Waals surface area contributed by atoms with E-state index in [-0.39, 0.29) is 12.5 Å². The Morgan fingerprint density at radius 2 is 2.05 bits per heavy atom. The lowest BCUT2D eigenvalue weighted by Crippen LogP contribution is -2.40. The van der Waals surface area contributed by atoms with Crippen LogP contribution in [0.1, 0.15) is 25.0 Å². The van der Waals surface area contributed by atoms with Gasteiger partial charge in [0.25, 0.3) is 0 Å². The third-order valence-corrected chi connectivity index (χ3v) is 3.42. The second-order valence-electron chi connectivity index (χ2n) is 5.10. The zero-order valence-electron chi connectivity index (χ0n) is 12.4. The van der Waals surface area contributed by atoms with Crippen molar-refractivity contribution >= 4 is 17.7 Å². The highest BCUT2D eigenvalue weighted by Crippen LogP contribution is 2.09. The monoisotopic (exact) mass is 304 g/mol. The fourth-order valence-electron chi connectivity index (χ4n) is 2.25. The van der Waals surface area contributed by atoms with Gasteiger partial charge in [0.1, 0.15) is 0 Å². The van der Waals surface area contributed by atoms with Crippen LogP contribution in [0.25, 0.3) is 0 Å². The Labute approximate surface area is 129 Å². The molecule has 0 spiro atoms. The molecule has 2 N–H and O–H groups in total. The third-order valence-electron chi connectivity index (χ3n) is 3.42. The highest BCUT2D eigenvalue weighted by atomic mass is 16.2. The number of nitrogens with one attached hydrogen (secondary N) is 2. The molecule has 0 radical (unpaired) electrons. The first-order chi connectivity index (χ1) is 10.7. The van der Waals surface area contributed by atoms with Crippen molar-refractivity contribution in [2.75, 3.05) is 19.6 Å². The molecule has 1 aliphatic rings. The summed E-state index contributed by atoms with van der Waals surface area (Å²) in [5.41, 5.74) is 0.691. The normalized spacial score (nSPS) is 14.0. The number of carbonyl (C=O) groups is 3. The number of amides is 3. The first-order valence-corrected chi connectivity index (χ1v) is 7.40.